The maximum atomic E-state index is 12.3. The minimum absolute atomic E-state index is 0.00915. The van der Waals surface area contributed by atoms with E-state index < -0.39 is 12.3 Å². The largest absolute Gasteiger partial charge is 0.573 e. The van der Waals surface area contributed by atoms with Gasteiger partial charge in [-0.05, 0) is 18.2 Å². The van der Waals surface area contributed by atoms with E-state index in [1.54, 1.807) is 0 Å². The molecule has 0 aliphatic carbocycles. The van der Waals surface area contributed by atoms with Crippen molar-refractivity contribution in [1.82, 2.24) is 19.9 Å². The maximum Gasteiger partial charge on any atom is 0.573 e. The number of carboxylic acids is 1. The van der Waals surface area contributed by atoms with Gasteiger partial charge in [-0.2, -0.15) is 4.98 Å². The molecule has 0 aliphatic heterocycles. The Morgan fingerprint density at radius 2 is 2.07 bits per heavy atom. The Balaban J connectivity index is 1.61. The monoisotopic (exact) mass is 395 g/mol. The number of carbonyl (C=O) groups is 1. The highest BCUT2D eigenvalue weighted by atomic mass is 32.1. The van der Waals surface area contributed by atoms with Crippen LogP contribution in [0.2, 0.25) is 0 Å². The first-order valence-electron chi connectivity index (χ1n) is 7.29. The van der Waals surface area contributed by atoms with Crippen LogP contribution in [-0.4, -0.2) is 37.4 Å². The zero-order valence-electron chi connectivity index (χ0n) is 13.0. The average molecular weight is 395 g/mol. The number of aromatic carboxylic acids is 1. The first kappa shape index (κ1) is 17.0. The molecule has 0 amide bonds. The number of thiazole rings is 1. The molecule has 12 heteroatoms. The van der Waals surface area contributed by atoms with E-state index in [2.05, 4.69) is 30.0 Å². The quantitative estimate of drug-likeness (QED) is 0.480. The van der Waals surface area contributed by atoms with Crippen LogP contribution in [0.15, 0.2) is 30.5 Å². The molecule has 1 aromatic carbocycles. The minimum atomic E-state index is -4.77. The molecule has 0 bridgehead atoms. The summed E-state index contributed by atoms with van der Waals surface area (Å²) in [7, 11) is 0. The van der Waals surface area contributed by atoms with Gasteiger partial charge in [0.05, 0.1) is 21.3 Å². The summed E-state index contributed by atoms with van der Waals surface area (Å²) in [4.78, 5) is 26.2. The molecule has 0 fully saturated rings. The number of aromatic nitrogens is 4. The molecule has 0 unspecified atom stereocenters. The Hall–Kier alpha value is -3.41. The van der Waals surface area contributed by atoms with Gasteiger partial charge in [-0.3, -0.25) is 0 Å². The number of nitrogens with one attached hydrogen (secondary N) is 2. The Morgan fingerprint density at radius 3 is 2.81 bits per heavy atom. The smallest absolute Gasteiger partial charge is 0.478 e. The van der Waals surface area contributed by atoms with Crippen LogP contribution in [0.1, 0.15) is 10.4 Å². The third kappa shape index (κ3) is 3.60. The minimum Gasteiger partial charge on any atom is -0.478 e. The van der Waals surface area contributed by atoms with Crippen molar-refractivity contribution in [3.8, 4) is 5.75 Å². The van der Waals surface area contributed by atoms with Crippen molar-refractivity contribution in [3.05, 3.63) is 36.0 Å². The van der Waals surface area contributed by atoms with Crippen LogP contribution in [0.3, 0.4) is 0 Å². The number of halogens is 3. The van der Waals surface area contributed by atoms with E-state index in [0.29, 0.717) is 26.5 Å². The van der Waals surface area contributed by atoms with Crippen molar-refractivity contribution in [1.29, 1.82) is 0 Å². The summed E-state index contributed by atoms with van der Waals surface area (Å²) < 4.78 is 41.3. The summed E-state index contributed by atoms with van der Waals surface area (Å²) in [5, 5.41) is 12.3. The van der Waals surface area contributed by atoms with Crippen LogP contribution < -0.4 is 10.1 Å². The van der Waals surface area contributed by atoms with Crippen molar-refractivity contribution >= 4 is 49.8 Å². The molecule has 0 saturated heterocycles. The van der Waals surface area contributed by atoms with Gasteiger partial charge in [0.25, 0.3) is 0 Å². The summed E-state index contributed by atoms with van der Waals surface area (Å²) in [6, 6.07) is 5.22. The highest BCUT2D eigenvalue weighted by molar-refractivity contribution is 7.22. The van der Waals surface area contributed by atoms with E-state index in [-0.39, 0.29) is 17.3 Å². The Morgan fingerprint density at radius 1 is 1.26 bits per heavy atom. The molecule has 4 aromatic rings. The second-order valence-electron chi connectivity index (χ2n) is 5.31. The van der Waals surface area contributed by atoms with Crippen molar-refractivity contribution in [2.45, 2.75) is 6.36 Å². The Bertz CT molecular complexity index is 1170. The van der Waals surface area contributed by atoms with E-state index in [1.165, 1.54) is 30.5 Å². The van der Waals surface area contributed by atoms with Crippen LogP contribution in [0.25, 0.3) is 21.4 Å². The molecular formula is C15H8F3N5O3S. The first-order valence-corrected chi connectivity index (χ1v) is 8.11. The number of pyridine rings is 1. The van der Waals surface area contributed by atoms with Gasteiger partial charge < -0.3 is 20.1 Å². The summed E-state index contributed by atoms with van der Waals surface area (Å²) >= 11 is 1.11. The highest BCUT2D eigenvalue weighted by Crippen LogP contribution is 2.32. The predicted molar refractivity (Wildman–Crippen MR) is 90.4 cm³/mol. The number of H-pyrrole nitrogens is 1. The number of carboxylic acid groups (broad SMARTS) is 1. The van der Waals surface area contributed by atoms with Crippen molar-refractivity contribution in [2.24, 2.45) is 0 Å². The lowest BCUT2D eigenvalue weighted by molar-refractivity contribution is -0.274. The Kier molecular flexibility index (Phi) is 3.84. The van der Waals surface area contributed by atoms with E-state index >= 15 is 0 Å². The highest BCUT2D eigenvalue weighted by Gasteiger charge is 2.31. The van der Waals surface area contributed by atoms with Gasteiger partial charge in [-0.1, -0.05) is 11.3 Å². The van der Waals surface area contributed by atoms with Crippen LogP contribution in [0, 0.1) is 0 Å². The van der Waals surface area contributed by atoms with Gasteiger partial charge >= 0.3 is 12.3 Å². The second-order valence-corrected chi connectivity index (χ2v) is 6.34. The van der Waals surface area contributed by atoms with E-state index in [1.807, 2.05) is 0 Å². The van der Waals surface area contributed by atoms with Crippen LogP contribution in [-0.2, 0) is 0 Å². The third-order valence-corrected chi connectivity index (χ3v) is 4.34. The third-order valence-electron chi connectivity index (χ3n) is 3.40. The summed E-state index contributed by atoms with van der Waals surface area (Å²) in [5.74, 6) is -1.18. The molecule has 27 heavy (non-hydrogen) atoms. The molecular weight excluding hydrogens is 387 g/mol. The number of ether oxygens (including phenoxy) is 1. The fraction of sp³-hybridized carbons (Fsp3) is 0.0667. The molecule has 3 aromatic heterocycles. The fourth-order valence-electron chi connectivity index (χ4n) is 2.33. The van der Waals surface area contributed by atoms with Crippen LogP contribution in [0.5, 0.6) is 5.75 Å². The molecule has 0 saturated carbocycles. The molecule has 0 radical (unpaired) electrons. The molecule has 138 valence electrons. The maximum absolute atomic E-state index is 12.3. The standard InChI is InChI=1S/C15H8F3N5O3S/c16-15(17,18)26-7-1-2-8-10(4-7)27-14(21-8)23-13-20-9-3-6(12(24)25)5-19-11(9)22-13/h1-5H,(H,24,25)(H2,19,20,21,22,23). The fourth-order valence-corrected chi connectivity index (χ4v) is 3.23. The van der Waals surface area contributed by atoms with Gasteiger partial charge in [-0.15, -0.1) is 13.2 Å². The Labute approximate surface area is 151 Å². The summed E-state index contributed by atoms with van der Waals surface area (Å²) in [6.07, 6.45) is -3.58. The number of imidazole rings is 1. The van der Waals surface area contributed by atoms with E-state index in [4.69, 9.17) is 5.11 Å². The molecule has 0 atom stereocenters. The van der Waals surface area contributed by atoms with E-state index in [9.17, 15) is 18.0 Å². The van der Waals surface area contributed by atoms with Crippen molar-refractivity contribution in [3.63, 3.8) is 0 Å². The number of nitrogens with zero attached hydrogens (tertiary/aromatic N) is 3. The predicted octanol–water partition coefficient (Wildman–Crippen LogP) is 3.91. The molecule has 3 heterocycles. The number of rotatable bonds is 4. The van der Waals surface area contributed by atoms with Crippen molar-refractivity contribution in [2.75, 3.05) is 5.32 Å². The van der Waals surface area contributed by atoms with Gasteiger partial charge in [0.15, 0.2) is 10.8 Å². The first-order chi connectivity index (χ1) is 12.8. The molecule has 8 nitrogen and oxygen atoms in total. The number of anilines is 2. The number of hydrogen-bond donors (Lipinski definition) is 3. The lowest BCUT2D eigenvalue weighted by Gasteiger charge is -2.07. The molecule has 3 N–H and O–H groups in total. The summed E-state index contributed by atoms with van der Waals surface area (Å²) in [5.41, 5.74) is 1.22. The van der Waals surface area contributed by atoms with Gasteiger partial charge in [-0.25, -0.2) is 14.8 Å². The van der Waals surface area contributed by atoms with Gasteiger partial charge in [0, 0.05) is 12.3 Å². The zero-order chi connectivity index (χ0) is 19.2. The number of aromatic amines is 1. The number of hydrogen-bond acceptors (Lipinski definition) is 7. The molecule has 0 aliphatic rings. The van der Waals surface area contributed by atoms with Gasteiger partial charge in [0.1, 0.15) is 5.75 Å². The summed E-state index contributed by atoms with van der Waals surface area (Å²) in [6.45, 7) is 0. The number of benzene rings is 1. The van der Waals surface area contributed by atoms with Crippen molar-refractivity contribution < 1.29 is 27.8 Å². The zero-order valence-corrected chi connectivity index (χ0v) is 13.9. The number of alkyl halides is 3. The normalized spacial score (nSPS) is 11.8. The van der Waals surface area contributed by atoms with Crippen LogP contribution in [0.4, 0.5) is 24.3 Å². The van der Waals surface area contributed by atoms with E-state index in [0.717, 1.165) is 11.3 Å². The van der Waals surface area contributed by atoms with Crippen LogP contribution >= 0.6 is 11.3 Å². The lowest BCUT2D eigenvalue weighted by atomic mass is 10.3. The topological polar surface area (TPSA) is 113 Å². The second kappa shape index (κ2) is 6.09. The van der Waals surface area contributed by atoms with Gasteiger partial charge in [0.2, 0.25) is 5.95 Å². The molecule has 0 spiro atoms. The SMILES string of the molecule is O=C(O)c1cnc2nc(Nc3nc4ccc(OC(F)(F)F)cc4s3)[nH]c2c1. The number of fused-ring (bicyclic) bond motifs is 2. The lowest BCUT2D eigenvalue weighted by Crippen LogP contribution is -2.16. The average Bonchev–Trinajstić information content (AvgIpc) is 3.14. The molecule has 4 rings (SSSR count).